The number of benzene rings is 1. The highest BCUT2D eigenvalue weighted by molar-refractivity contribution is 5.89. The highest BCUT2D eigenvalue weighted by atomic mass is 16.5. The number of esters is 1. The second-order valence-electron chi connectivity index (χ2n) is 8.72. The Hall–Kier alpha value is -1.55. The Bertz CT molecular complexity index is 594. The van der Waals surface area contributed by atoms with Crippen LogP contribution in [0.25, 0.3) is 0 Å². The molecule has 2 heterocycles. The van der Waals surface area contributed by atoms with Crippen molar-refractivity contribution >= 4 is 5.97 Å². The molecule has 2 aliphatic heterocycles. The zero-order valence-electron chi connectivity index (χ0n) is 16.6. The number of hydrogen-bond acceptors (Lipinski definition) is 3. The summed E-state index contributed by atoms with van der Waals surface area (Å²) in [6.07, 6.45) is 6.37. The van der Waals surface area contributed by atoms with Gasteiger partial charge in [0.05, 0.1) is 38.3 Å². The van der Waals surface area contributed by atoms with Crippen LogP contribution in [0.2, 0.25) is 0 Å². The van der Waals surface area contributed by atoms with E-state index < -0.39 is 0 Å². The van der Waals surface area contributed by atoms with Crippen LogP contribution >= 0.6 is 0 Å². The Morgan fingerprint density at radius 2 is 1.85 bits per heavy atom. The summed E-state index contributed by atoms with van der Waals surface area (Å²) in [5, 5.41) is 0. The summed E-state index contributed by atoms with van der Waals surface area (Å²) in [4.78, 5) is 12.4. The van der Waals surface area contributed by atoms with Crippen molar-refractivity contribution in [2.45, 2.75) is 52.0 Å². The third-order valence-corrected chi connectivity index (χ3v) is 6.11. The maximum absolute atomic E-state index is 12.4. The topological polar surface area (TPSA) is 35.5 Å². The Labute approximate surface area is 158 Å². The normalized spacial score (nSPS) is 28.5. The Morgan fingerprint density at radius 3 is 2.58 bits per heavy atom. The van der Waals surface area contributed by atoms with Crippen LogP contribution in [-0.2, 0) is 4.74 Å². The first-order chi connectivity index (χ1) is 12.5. The van der Waals surface area contributed by atoms with Gasteiger partial charge in [-0.05, 0) is 55.9 Å². The van der Waals surface area contributed by atoms with Gasteiger partial charge >= 0.3 is 5.97 Å². The molecule has 0 radical (unpaired) electrons. The second-order valence-corrected chi connectivity index (χ2v) is 8.72. The molecule has 2 saturated heterocycles. The Morgan fingerprint density at radius 1 is 1.12 bits per heavy atom. The molecule has 0 aromatic heterocycles. The summed E-state index contributed by atoms with van der Waals surface area (Å²) < 4.78 is 12.6. The first kappa shape index (κ1) is 19.2. The van der Waals surface area contributed by atoms with Crippen molar-refractivity contribution in [2.75, 3.05) is 33.4 Å². The quantitative estimate of drug-likeness (QED) is 0.561. The third kappa shape index (κ3) is 4.59. The average molecular weight is 361 g/mol. The van der Waals surface area contributed by atoms with Crippen molar-refractivity contribution in [1.29, 1.82) is 0 Å². The molecule has 0 spiro atoms. The lowest BCUT2D eigenvalue weighted by atomic mass is 9.82. The van der Waals surface area contributed by atoms with E-state index in [1.807, 2.05) is 12.1 Å². The lowest BCUT2D eigenvalue weighted by Crippen LogP contribution is -2.61. The first-order valence-corrected chi connectivity index (χ1v) is 10.2. The minimum atomic E-state index is -0.212. The molecule has 0 bridgehead atoms. The fourth-order valence-electron chi connectivity index (χ4n) is 4.64. The molecular formula is C22H34NO3+. The number of fused-ring (bicyclic) bond motifs is 1. The zero-order chi connectivity index (χ0) is 18.6. The molecule has 2 aliphatic rings. The highest BCUT2D eigenvalue weighted by Gasteiger charge is 2.43. The fourth-order valence-corrected chi connectivity index (χ4v) is 4.64. The van der Waals surface area contributed by atoms with Crippen LogP contribution < -0.4 is 4.74 Å². The molecule has 3 rings (SSSR count). The van der Waals surface area contributed by atoms with E-state index in [0.717, 1.165) is 5.75 Å². The molecular weight excluding hydrogens is 326 g/mol. The molecule has 2 fully saturated rings. The molecule has 0 amide bonds. The van der Waals surface area contributed by atoms with Crippen LogP contribution in [0, 0.1) is 11.8 Å². The van der Waals surface area contributed by atoms with E-state index in [1.165, 1.54) is 49.7 Å². The maximum Gasteiger partial charge on any atom is 0.338 e. The molecule has 144 valence electrons. The molecule has 3 atom stereocenters. The van der Waals surface area contributed by atoms with E-state index in [4.69, 9.17) is 9.47 Å². The Kier molecular flexibility index (Phi) is 6.23. The molecule has 1 aromatic carbocycles. The van der Waals surface area contributed by atoms with Gasteiger partial charge in [0.25, 0.3) is 0 Å². The van der Waals surface area contributed by atoms with Gasteiger partial charge in [0.1, 0.15) is 12.4 Å². The summed E-state index contributed by atoms with van der Waals surface area (Å²) in [6, 6.07) is 7.99. The molecule has 0 aliphatic carbocycles. The predicted octanol–water partition coefficient (Wildman–Crippen LogP) is 4.29. The fraction of sp³-hybridized carbons (Fsp3) is 0.682. The number of ether oxygens (including phenoxy) is 2. The minimum absolute atomic E-state index is 0.212. The number of carbonyl (C=O) groups is 1. The number of hydrogen-bond donors (Lipinski definition) is 0. The molecule has 26 heavy (non-hydrogen) atoms. The van der Waals surface area contributed by atoms with Gasteiger partial charge in [-0.25, -0.2) is 4.79 Å². The van der Waals surface area contributed by atoms with Crippen molar-refractivity contribution in [1.82, 2.24) is 0 Å². The number of carbonyl (C=O) groups excluding carboxylic acids is 1. The molecule has 1 unspecified atom stereocenters. The summed E-state index contributed by atoms with van der Waals surface area (Å²) in [5.41, 5.74) is 0.610. The largest absolute Gasteiger partial charge is 0.493 e. The van der Waals surface area contributed by atoms with E-state index >= 15 is 0 Å². The highest BCUT2D eigenvalue weighted by Crippen LogP contribution is 2.36. The maximum atomic E-state index is 12.4. The zero-order valence-corrected chi connectivity index (χ0v) is 16.6. The van der Waals surface area contributed by atoms with Crippen molar-refractivity contribution in [3.05, 3.63) is 29.8 Å². The summed E-state index contributed by atoms with van der Waals surface area (Å²) in [6.45, 7) is 8.05. The van der Waals surface area contributed by atoms with E-state index in [0.29, 0.717) is 36.7 Å². The lowest BCUT2D eigenvalue weighted by molar-refractivity contribution is -0.947. The summed E-state index contributed by atoms with van der Waals surface area (Å²) in [5.74, 6) is 1.58. The van der Waals surface area contributed by atoms with Crippen LogP contribution in [0.4, 0.5) is 0 Å². The number of piperidine rings is 2. The third-order valence-electron chi connectivity index (χ3n) is 6.11. The lowest BCUT2D eigenvalue weighted by Gasteiger charge is -2.51. The van der Waals surface area contributed by atoms with Crippen molar-refractivity contribution in [3.8, 4) is 5.75 Å². The Balaban J connectivity index is 1.53. The van der Waals surface area contributed by atoms with E-state index in [-0.39, 0.29) is 5.97 Å². The van der Waals surface area contributed by atoms with Crippen LogP contribution in [0.1, 0.15) is 56.3 Å². The van der Waals surface area contributed by atoms with Crippen LogP contribution in [0.3, 0.4) is 0 Å². The monoisotopic (exact) mass is 360 g/mol. The van der Waals surface area contributed by atoms with Gasteiger partial charge < -0.3 is 14.0 Å². The van der Waals surface area contributed by atoms with E-state index in [1.54, 1.807) is 12.1 Å². The number of rotatable bonds is 6. The number of quaternary nitrogens is 1. The van der Waals surface area contributed by atoms with Crippen molar-refractivity contribution < 1.29 is 18.8 Å². The van der Waals surface area contributed by atoms with Gasteiger partial charge in [0, 0.05) is 12.3 Å². The van der Waals surface area contributed by atoms with E-state index in [2.05, 4.69) is 20.9 Å². The van der Waals surface area contributed by atoms with Crippen LogP contribution in [-0.4, -0.2) is 49.8 Å². The average Bonchev–Trinajstić information content (AvgIpc) is 2.64. The van der Waals surface area contributed by atoms with Gasteiger partial charge in [-0.15, -0.1) is 0 Å². The molecule has 4 heteroatoms. The predicted molar refractivity (Wildman–Crippen MR) is 103 cm³/mol. The van der Waals surface area contributed by atoms with Gasteiger partial charge in [-0.2, -0.15) is 0 Å². The SMILES string of the molecule is CC(C)COc1ccc(C(=O)OC[C@@H]2CCC[N+]3(C)CCCC[C@@H]23)cc1. The molecule has 4 nitrogen and oxygen atoms in total. The van der Waals surface area contributed by atoms with Crippen LogP contribution in [0.5, 0.6) is 5.75 Å². The van der Waals surface area contributed by atoms with Gasteiger partial charge in [-0.1, -0.05) is 13.8 Å². The standard InChI is InChI=1S/C22H34NO3/c1-17(2)15-25-20-11-9-18(10-12-20)22(24)26-16-19-7-6-14-23(3)13-5-4-8-21(19)23/h9-12,17,19,21H,4-8,13-16H2,1-3H3/q+1/t19-,21-,23?/m0/s1. The minimum Gasteiger partial charge on any atom is -0.493 e. The van der Waals surface area contributed by atoms with Gasteiger partial charge in [0.15, 0.2) is 0 Å². The van der Waals surface area contributed by atoms with E-state index in [9.17, 15) is 4.79 Å². The van der Waals surface area contributed by atoms with Crippen molar-refractivity contribution in [2.24, 2.45) is 11.8 Å². The molecule has 0 saturated carbocycles. The molecule has 0 N–H and O–H groups in total. The molecule has 1 aromatic rings. The second kappa shape index (κ2) is 8.43. The van der Waals surface area contributed by atoms with Gasteiger partial charge in [0.2, 0.25) is 0 Å². The van der Waals surface area contributed by atoms with Crippen molar-refractivity contribution in [3.63, 3.8) is 0 Å². The van der Waals surface area contributed by atoms with Crippen LogP contribution in [0.15, 0.2) is 24.3 Å². The number of nitrogens with zero attached hydrogens (tertiary/aromatic N) is 1. The summed E-state index contributed by atoms with van der Waals surface area (Å²) >= 11 is 0. The summed E-state index contributed by atoms with van der Waals surface area (Å²) in [7, 11) is 2.40. The van der Waals surface area contributed by atoms with Gasteiger partial charge in [-0.3, -0.25) is 0 Å². The smallest absolute Gasteiger partial charge is 0.338 e. The first-order valence-electron chi connectivity index (χ1n) is 10.2.